The van der Waals surface area contributed by atoms with E-state index in [1.54, 1.807) is 0 Å². The standard InChI is InChI=1S/C55H86O6/c1-4-7-10-13-16-19-22-24-26-28-30-31-33-36-39-42-45-48-54(57)60-51-52(50-59-53(56)47-44-41-38-35-21-18-15-12-9-6-3)61-55(58)49-46-43-40-37-34-32-29-27-25-23-20-17-14-11-8-5-2/h8,11,15-20,24-27,30-32,34,36,39-40,43,52H,4-7,9-10,12-14,21-23,28-29,33,35,37-38,41-42,44-51H2,1-3H3/b11-8-,18-15-,19-16-,20-17-,26-24-,27-25-,31-30-,34-32-,39-36-,43-40-. The number of rotatable bonds is 41. The Bertz CT molecular complexity index is 1340. The van der Waals surface area contributed by atoms with Crippen molar-refractivity contribution < 1.29 is 28.6 Å². The fourth-order valence-corrected chi connectivity index (χ4v) is 5.81. The average Bonchev–Trinajstić information content (AvgIpc) is 3.26. The van der Waals surface area contributed by atoms with E-state index in [9.17, 15) is 14.4 Å². The van der Waals surface area contributed by atoms with Gasteiger partial charge in [-0.15, -0.1) is 0 Å². The molecule has 0 aromatic carbocycles. The Morgan fingerprint density at radius 2 is 0.705 bits per heavy atom. The van der Waals surface area contributed by atoms with Crippen molar-refractivity contribution in [2.24, 2.45) is 0 Å². The zero-order valence-electron chi connectivity index (χ0n) is 38.9. The molecular weight excluding hydrogens is 757 g/mol. The maximum absolute atomic E-state index is 12.7. The lowest BCUT2D eigenvalue weighted by Gasteiger charge is -2.18. The van der Waals surface area contributed by atoms with Crippen molar-refractivity contribution in [1.82, 2.24) is 0 Å². The molecule has 6 nitrogen and oxygen atoms in total. The fraction of sp³-hybridized carbons (Fsp3) is 0.582. The van der Waals surface area contributed by atoms with Crippen molar-refractivity contribution in [3.8, 4) is 0 Å². The van der Waals surface area contributed by atoms with Gasteiger partial charge in [-0.1, -0.05) is 181 Å². The van der Waals surface area contributed by atoms with Crippen molar-refractivity contribution in [3.63, 3.8) is 0 Å². The molecule has 6 heteroatoms. The molecule has 0 heterocycles. The average molecular weight is 843 g/mol. The van der Waals surface area contributed by atoms with Crippen molar-refractivity contribution in [2.45, 2.75) is 194 Å². The molecule has 61 heavy (non-hydrogen) atoms. The van der Waals surface area contributed by atoms with Crippen LogP contribution in [-0.2, 0) is 28.6 Å². The van der Waals surface area contributed by atoms with Gasteiger partial charge in [0.25, 0.3) is 0 Å². The van der Waals surface area contributed by atoms with E-state index in [-0.39, 0.29) is 38.0 Å². The maximum Gasteiger partial charge on any atom is 0.306 e. The molecule has 342 valence electrons. The Balaban J connectivity index is 4.61. The number of hydrogen-bond donors (Lipinski definition) is 0. The summed E-state index contributed by atoms with van der Waals surface area (Å²) in [6.45, 7) is 6.30. The smallest absolute Gasteiger partial charge is 0.306 e. The molecule has 0 radical (unpaired) electrons. The highest BCUT2D eigenvalue weighted by Crippen LogP contribution is 2.10. The predicted molar refractivity (Wildman–Crippen MR) is 260 cm³/mol. The van der Waals surface area contributed by atoms with Gasteiger partial charge < -0.3 is 14.2 Å². The minimum atomic E-state index is -0.846. The van der Waals surface area contributed by atoms with Gasteiger partial charge >= 0.3 is 17.9 Å². The molecule has 0 saturated heterocycles. The van der Waals surface area contributed by atoms with E-state index < -0.39 is 12.1 Å². The van der Waals surface area contributed by atoms with Crippen LogP contribution in [0.4, 0.5) is 0 Å². The minimum absolute atomic E-state index is 0.135. The Labute approximate surface area is 373 Å². The largest absolute Gasteiger partial charge is 0.462 e. The number of carbonyl (C=O) groups is 3. The summed E-state index contributed by atoms with van der Waals surface area (Å²) in [5.41, 5.74) is 0. The van der Waals surface area contributed by atoms with E-state index in [0.717, 1.165) is 96.3 Å². The quantitative estimate of drug-likeness (QED) is 0.0264. The number of allylic oxidation sites excluding steroid dienone is 20. The Kier molecular flexibility index (Phi) is 45.1. The Hall–Kier alpha value is -4.19. The topological polar surface area (TPSA) is 78.9 Å². The van der Waals surface area contributed by atoms with Crippen molar-refractivity contribution in [2.75, 3.05) is 13.2 Å². The first-order chi connectivity index (χ1) is 30.0. The highest BCUT2D eigenvalue weighted by atomic mass is 16.6. The molecule has 1 unspecified atom stereocenters. The van der Waals surface area contributed by atoms with Crippen LogP contribution in [0.15, 0.2) is 122 Å². The summed E-state index contributed by atoms with van der Waals surface area (Å²) in [6, 6.07) is 0. The third-order valence-corrected chi connectivity index (χ3v) is 9.43. The van der Waals surface area contributed by atoms with Gasteiger partial charge in [-0.05, 0) is 109 Å². The van der Waals surface area contributed by atoms with Gasteiger partial charge in [0.1, 0.15) is 13.2 Å². The Morgan fingerprint density at radius 3 is 1.18 bits per heavy atom. The zero-order chi connectivity index (χ0) is 44.4. The molecule has 0 aromatic rings. The molecule has 0 amide bonds. The molecule has 0 spiro atoms. The van der Waals surface area contributed by atoms with Gasteiger partial charge in [0, 0.05) is 19.3 Å². The van der Waals surface area contributed by atoms with Crippen LogP contribution in [0.1, 0.15) is 188 Å². The molecule has 0 aliphatic carbocycles. The van der Waals surface area contributed by atoms with Gasteiger partial charge in [0.15, 0.2) is 6.10 Å². The van der Waals surface area contributed by atoms with E-state index in [4.69, 9.17) is 14.2 Å². The third-order valence-electron chi connectivity index (χ3n) is 9.43. The summed E-state index contributed by atoms with van der Waals surface area (Å²) in [6.07, 6.45) is 66.3. The first-order valence-corrected chi connectivity index (χ1v) is 24.0. The van der Waals surface area contributed by atoms with Crippen molar-refractivity contribution in [1.29, 1.82) is 0 Å². The molecular formula is C55H86O6. The van der Waals surface area contributed by atoms with Gasteiger partial charge in [0.2, 0.25) is 0 Å². The number of hydrogen-bond acceptors (Lipinski definition) is 6. The monoisotopic (exact) mass is 843 g/mol. The zero-order valence-corrected chi connectivity index (χ0v) is 38.9. The number of ether oxygens (including phenoxy) is 3. The SMILES string of the molecule is CC/C=C\C/C=C\C/C=C\C/C=C\C/C=C\CCC(=O)OC(COC(=O)CCC/C=C\C/C=C\C/C=C\C/C=C\CCCCC)COC(=O)CCCCCC/C=C\CCCC. The number of unbranched alkanes of at least 4 members (excludes halogenated alkanes) is 10. The number of esters is 3. The molecule has 0 saturated carbocycles. The molecule has 0 aliphatic heterocycles. The van der Waals surface area contributed by atoms with Gasteiger partial charge in [-0.3, -0.25) is 14.4 Å². The van der Waals surface area contributed by atoms with Crippen LogP contribution < -0.4 is 0 Å². The van der Waals surface area contributed by atoms with E-state index in [1.165, 1.54) is 38.5 Å². The van der Waals surface area contributed by atoms with Crippen LogP contribution in [0, 0.1) is 0 Å². The molecule has 0 fully saturated rings. The van der Waals surface area contributed by atoms with Gasteiger partial charge in [-0.25, -0.2) is 0 Å². The van der Waals surface area contributed by atoms with Crippen molar-refractivity contribution >= 4 is 17.9 Å². The molecule has 1 atom stereocenters. The fourth-order valence-electron chi connectivity index (χ4n) is 5.81. The lowest BCUT2D eigenvalue weighted by molar-refractivity contribution is -0.166. The lowest BCUT2D eigenvalue weighted by Crippen LogP contribution is -2.30. The first-order valence-electron chi connectivity index (χ1n) is 24.0. The van der Waals surface area contributed by atoms with Crippen LogP contribution in [0.25, 0.3) is 0 Å². The minimum Gasteiger partial charge on any atom is -0.462 e. The molecule has 0 rings (SSSR count). The van der Waals surface area contributed by atoms with E-state index in [1.807, 2.05) is 12.2 Å². The highest BCUT2D eigenvalue weighted by Gasteiger charge is 2.19. The van der Waals surface area contributed by atoms with Crippen LogP contribution in [-0.4, -0.2) is 37.2 Å². The van der Waals surface area contributed by atoms with Crippen LogP contribution in [0.3, 0.4) is 0 Å². The summed E-state index contributed by atoms with van der Waals surface area (Å²) in [7, 11) is 0. The van der Waals surface area contributed by atoms with Crippen molar-refractivity contribution in [3.05, 3.63) is 122 Å². The lowest BCUT2D eigenvalue weighted by atomic mass is 10.1. The summed E-state index contributed by atoms with van der Waals surface area (Å²) in [5, 5.41) is 0. The molecule has 0 aromatic heterocycles. The second kappa shape index (κ2) is 48.5. The molecule has 0 aliphatic rings. The van der Waals surface area contributed by atoms with Crippen LogP contribution in [0.5, 0.6) is 0 Å². The van der Waals surface area contributed by atoms with Gasteiger partial charge in [0.05, 0.1) is 0 Å². The van der Waals surface area contributed by atoms with E-state index >= 15 is 0 Å². The summed E-state index contributed by atoms with van der Waals surface area (Å²) in [4.78, 5) is 37.8. The molecule has 0 bridgehead atoms. The maximum atomic E-state index is 12.7. The van der Waals surface area contributed by atoms with E-state index in [0.29, 0.717) is 19.3 Å². The molecule has 0 N–H and O–H groups in total. The van der Waals surface area contributed by atoms with Crippen LogP contribution >= 0.6 is 0 Å². The van der Waals surface area contributed by atoms with E-state index in [2.05, 4.69) is 130 Å². The Morgan fingerprint density at radius 1 is 0.344 bits per heavy atom. The normalized spacial score (nSPS) is 13.2. The number of carbonyl (C=O) groups excluding carboxylic acids is 3. The highest BCUT2D eigenvalue weighted by molar-refractivity contribution is 5.71. The third kappa shape index (κ3) is 46.7. The summed E-state index contributed by atoms with van der Waals surface area (Å²) >= 11 is 0. The first kappa shape index (κ1) is 56.8. The summed E-state index contributed by atoms with van der Waals surface area (Å²) in [5.74, 6) is -1.10. The summed E-state index contributed by atoms with van der Waals surface area (Å²) < 4.78 is 16.6. The predicted octanol–water partition coefficient (Wildman–Crippen LogP) is 15.7. The second-order valence-electron chi connectivity index (χ2n) is 15.3. The van der Waals surface area contributed by atoms with Gasteiger partial charge in [-0.2, -0.15) is 0 Å². The second-order valence-corrected chi connectivity index (χ2v) is 15.3. The van der Waals surface area contributed by atoms with Crippen LogP contribution in [0.2, 0.25) is 0 Å².